The van der Waals surface area contributed by atoms with E-state index >= 15 is 0 Å². The third kappa shape index (κ3) is 3.75. The average Bonchev–Trinajstić information content (AvgIpc) is 3.10. The second-order valence-electron chi connectivity index (χ2n) is 5.60. The third-order valence-electron chi connectivity index (χ3n) is 3.96. The van der Waals surface area contributed by atoms with Crippen molar-refractivity contribution in [2.24, 2.45) is 0 Å². The van der Waals surface area contributed by atoms with Gasteiger partial charge < -0.3 is 5.11 Å². The molecule has 0 aliphatic carbocycles. The smallest absolute Gasteiger partial charge is 0.411 e. The van der Waals surface area contributed by atoms with E-state index in [2.05, 4.69) is 5.48 Å². The molecule has 1 aliphatic heterocycles. The van der Waals surface area contributed by atoms with Crippen LogP contribution in [0.2, 0.25) is 0 Å². The van der Waals surface area contributed by atoms with E-state index < -0.39 is 6.09 Å². The number of hydrogen-bond donors (Lipinski definition) is 2. The molecule has 0 bridgehead atoms. The first-order chi connectivity index (χ1) is 11.8. The number of benzene rings is 2. The van der Waals surface area contributed by atoms with Crippen molar-refractivity contribution in [3.63, 3.8) is 0 Å². The number of likely N-dealkylation sites (tertiary alicyclic amines) is 1. The van der Waals surface area contributed by atoms with Crippen LogP contribution in [0.15, 0.2) is 66.4 Å². The molecular weight excluding hydrogens is 304 g/mol. The van der Waals surface area contributed by atoms with Crippen LogP contribution in [0.5, 0.6) is 0 Å². The first kappa shape index (κ1) is 16.1. The fraction of sp³-hybridized carbons (Fsp3) is 0.211. The molecule has 24 heavy (non-hydrogen) atoms. The number of hydroxylamine groups is 1. The summed E-state index contributed by atoms with van der Waals surface area (Å²) in [5.41, 5.74) is 6.41. The van der Waals surface area contributed by atoms with E-state index in [1.54, 1.807) is 0 Å². The van der Waals surface area contributed by atoms with Crippen LogP contribution in [0.4, 0.5) is 4.79 Å². The van der Waals surface area contributed by atoms with Crippen molar-refractivity contribution >= 4 is 11.8 Å². The molecule has 1 amide bonds. The summed E-state index contributed by atoms with van der Waals surface area (Å²) in [7, 11) is 0. The minimum atomic E-state index is -0.930. The molecule has 5 nitrogen and oxygen atoms in total. The Bertz CT molecular complexity index is 714. The van der Waals surface area contributed by atoms with Gasteiger partial charge in [0.2, 0.25) is 0 Å². The summed E-state index contributed by atoms with van der Waals surface area (Å²) >= 11 is 0. The molecule has 3 rings (SSSR count). The summed E-state index contributed by atoms with van der Waals surface area (Å²) in [6.07, 6.45) is 0.595. The highest BCUT2D eigenvalue weighted by molar-refractivity contribution is 5.75. The van der Waals surface area contributed by atoms with Gasteiger partial charge in [-0.05, 0) is 18.4 Å². The Kier molecular flexibility index (Phi) is 5.13. The number of nitrogens with zero attached hydrogens (tertiary/aromatic N) is 1. The molecular formula is C19H20N2O3. The Morgan fingerprint density at radius 3 is 2.42 bits per heavy atom. The van der Waals surface area contributed by atoms with Gasteiger partial charge in [0.1, 0.15) is 0 Å². The van der Waals surface area contributed by atoms with Crippen LogP contribution in [-0.2, 0) is 11.4 Å². The van der Waals surface area contributed by atoms with Crippen LogP contribution in [0.25, 0.3) is 5.70 Å². The van der Waals surface area contributed by atoms with Crippen LogP contribution in [0.3, 0.4) is 0 Å². The Balaban J connectivity index is 1.82. The highest BCUT2D eigenvalue weighted by Gasteiger charge is 2.26. The predicted molar refractivity (Wildman–Crippen MR) is 91.7 cm³/mol. The molecule has 1 aliphatic rings. The average molecular weight is 324 g/mol. The molecule has 2 aromatic rings. The second-order valence-corrected chi connectivity index (χ2v) is 5.60. The monoisotopic (exact) mass is 324 g/mol. The van der Waals surface area contributed by atoms with E-state index in [0.717, 1.165) is 23.2 Å². The van der Waals surface area contributed by atoms with Crippen LogP contribution in [0.1, 0.15) is 24.0 Å². The highest BCUT2D eigenvalue weighted by atomic mass is 16.6. The van der Waals surface area contributed by atoms with Gasteiger partial charge in [-0.15, -0.1) is 0 Å². The van der Waals surface area contributed by atoms with Crippen molar-refractivity contribution < 1.29 is 14.7 Å². The van der Waals surface area contributed by atoms with E-state index in [9.17, 15) is 9.90 Å². The lowest BCUT2D eigenvalue weighted by molar-refractivity contribution is 0.0633. The highest BCUT2D eigenvalue weighted by Crippen LogP contribution is 2.28. The topological polar surface area (TPSA) is 61.8 Å². The minimum Gasteiger partial charge on any atom is -0.465 e. The summed E-state index contributed by atoms with van der Waals surface area (Å²) in [5.74, 6) is 0. The normalized spacial score (nSPS) is 16.1. The minimum absolute atomic E-state index is 0.400. The zero-order valence-corrected chi connectivity index (χ0v) is 13.3. The lowest BCUT2D eigenvalue weighted by Gasteiger charge is -2.20. The van der Waals surface area contributed by atoms with Crippen LogP contribution >= 0.6 is 0 Å². The van der Waals surface area contributed by atoms with Crippen molar-refractivity contribution in [2.45, 2.75) is 19.4 Å². The van der Waals surface area contributed by atoms with Gasteiger partial charge in [-0.3, -0.25) is 15.2 Å². The van der Waals surface area contributed by atoms with Crippen LogP contribution in [0, 0.1) is 0 Å². The SMILES string of the molecule is O=C(O)N1CCCC1=C(NOCc1ccccc1)c1ccccc1. The Hall–Kier alpha value is -2.79. The maximum Gasteiger partial charge on any atom is 0.411 e. The number of hydrogen-bond acceptors (Lipinski definition) is 3. The number of carboxylic acid groups (broad SMARTS) is 1. The molecule has 2 N–H and O–H groups in total. The number of allylic oxidation sites excluding steroid dienone is 1. The maximum absolute atomic E-state index is 11.5. The van der Waals surface area contributed by atoms with Crippen molar-refractivity contribution in [3.8, 4) is 0 Å². The fourth-order valence-electron chi connectivity index (χ4n) is 2.80. The fourth-order valence-corrected chi connectivity index (χ4v) is 2.80. The number of amides is 1. The Morgan fingerprint density at radius 1 is 1.08 bits per heavy atom. The largest absolute Gasteiger partial charge is 0.465 e. The predicted octanol–water partition coefficient (Wildman–Crippen LogP) is 3.85. The van der Waals surface area contributed by atoms with Crippen LogP contribution in [-0.4, -0.2) is 22.6 Å². The Morgan fingerprint density at radius 2 is 1.75 bits per heavy atom. The van der Waals surface area contributed by atoms with Crippen molar-refractivity contribution in [1.82, 2.24) is 10.4 Å². The lowest BCUT2D eigenvalue weighted by Crippen LogP contribution is -2.27. The first-order valence-electron chi connectivity index (χ1n) is 7.96. The zero-order valence-electron chi connectivity index (χ0n) is 13.3. The van der Waals surface area contributed by atoms with Crippen molar-refractivity contribution in [2.75, 3.05) is 6.54 Å². The number of rotatable bonds is 5. The molecule has 1 heterocycles. The van der Waals surface area contributed by atoms with Gasteiger partial charge in [0.25, 0.3) is 0 Å². The maximum atomic E-state index is 11.5. The van der Waals surface area contributed by atoms with Gasteiger partial charge in [0.15, 0.2) is 0 Å². The van der Waals surface area contributed by atoms with Gasteiger partial charge >= 0.3 is 6.09 Å². The third-order valence-corrected chi connectivity index (χ3v) is 3.96. The van der Waals surface area contributed by atoms with Crippen LogP contribution < -0.4 is 5.48 Å². The molecule has 0 radical (unpaired) electrons. The quantitative estimate of drug-likeness (QED) is 0.820. The van der Waals surface area contributed by atoms with E-state index in [0.29, 0.717) is 25.3 Å². The first-order valence-corrected chi connectivity index (χ1v) is 7.96. The number of carbonyl (C=O) groups is 1. The molecule has 1 saturated heterocycles. The summed E-state index contributed by atoms with van der Waals surface area (Å²) in [5, 5.41) is 9.41. The summed E-state index contributed by atoms with van der Waals surface area (Å²) in [6.45, 7) is 0.916. The van der Waals surface area contributed by atoms with Crippen molar-refractivity contribution in [1.29, 1.82) is 0 Å². The summed E-state index contributed by atoms with van der Waals surface area (Å²) in [4.78, 5) is 18.5. The van der Waals surface area contributed by atoms with Gasteiger partial charge in [-0.2, -0.15) is 0 Å². The zero-order chi connectivity index (χ0) is 16.8. The summed E-state index contributed by atoms with van der Waals surface area (Å²) < 4.78 is 0. The molecule has 2 aromatic carbocycles. The van der Waals surface area contributed by atoms with Gasteiger partial charge in [-0.1, -0.05) is 60.7 Å². The van der Waals surface area contributed by atoms with Crippen molar-refractivity contribution in [3.05, 3.63) is 77.5 Å². The molecule has 0 unspecified atom stereocenters. The molecule has 0 saturated carbocycles. The van der Waals surface area contributed by atoms with E-state index in [-0.39, 0.29) is 0 Å². The van der Waals surface area contributed by atoms with E-state index in [1.807, 2.05) is 60.7 Å². The molecule has 5 heteroatoms. The lowest BCUT2D eigenvalue weighted by atomic mass is 10.1. The second kappa shape index (κ2) is 7.66. The van der Waals surface area contributed by atoms with Gasteiger partial charge in [0.05, 0.1) is 18.0 Å². The summed E-state index contributed by atoms with van der Waals surface area (Å²) in [6, 6.07) is 19.5. The molecule has 0 atom stereocenters. The molecule has 124 valence electrons. The molecule has 0 spiro atoms. The number of nitrogens with one attached hydrogen (secondary N) is 1. The van der Waals surface area contributed by atoms with E-state index in [4.69, 9.17) is 4.84 Å². The Labute approximate surface area is 141 Å². The van der Waals surface area contributed by atoms with E-state index in [1.165, 1.54) is 4.90 Å². The molecule has 1 fully saturated rings. The standard InChI is InChI=1S/C19H20N2O3/c22-19(23)21-13-7-12-17(21)18(16-10-5-2-6-11-16)20-24-14-15-8-3-1-4-9-15/h1-6,8-11,20H,7,12-14H2,(H,22,23). The molecule has 0 aromatic heterocycles. The van der Waals surface area contributed by atoms with Gasteiger partial charge in [0, 0.05) is 12.1 Å². The van der Waals surface area contributed by atoms with Gasteiger partial charge in [-0.25, -0.2) is 4.79 Å².